The summed E-state index contributed by atoms with van der Waals surface area (Å²) in [5.41, 5.74) is 3.23. The highest BCUT2D eigenvalue weighted by molar-refractivity contribution is 5.90. The summed E-state index contributed by atoms with van der Waals surface area (Å²) in [6.45, 7) is 7.59. The van der Waals surface area contributed by atoms with Crippen LogP contribution in [0, 0.1) is 0 Å². The molecule has 0 fully saturated rings. The number of ketones is 1. The van der Waals surface area contributed by atoms with Crippen molar-refractivity contribution in [3.05, 3.63) is 54.1 Å². The first kappa shape index (κ1) is 11.4. The molecule has 0 aromatic heterocycles. The Morgan fingerprint density at radius 2 is 2.13 bits per heavy atom. The Morgan fingerprint density at radius 3 is 2.73 bits per heavy atom. The molecule has 0 bridgehead atoms. The smallest absolute Gasteiger partial charge is 0.152 e. The number of rotatable bonds is 4. The highest BCUT2D eigenvalue weighted by Gasteiger charge is 1.96. The predicted molar refractivity (Wildman–Crippen MR) is 64.7 cm³/mol. The minimum absolute atomic E-state index is 0.0443. The Kier molecular flexibility index (Phi) is 4.04. The molecular formula is C14H16O. The second kappa shape index (κ2) is 5.30. The van der Waals surface area contributed by atoms with E-state index < -0.39 is 0 Å². The zero-order valence-electron chi connectivity index (χ0n) is 9.29. The molecule has 0 saturated carbocycles. The van der Waals surface area contributed by atoms with Gasteiger partial charge in [0.15, 0.2) is 5.78 Å². The molecule has 1 heteroatoms. The van der Waals surface area contributed by atoms with Crippen LogP contribution < -0.4 is 0 Å². The molecule has 0 saturated heterocycles. The van der Waals surface area contributed by atoms with Crippen LogP contribution in [-0.4, -0.2) is 5.78 Å². The predicted octanol–water partition coefficient (Wildman–Crippen LogP) is 3.41. The van der Waals surface area contributed by atoms with Crippen LogP contribution in [0.5, 0.6) is 0 Å². The minimum atomic E-state index is 0.0443. The summed E-state index contributed by atoms with van der Waals surface area (Å²) in [5, 5.41) is 0. The lowest BCUT2D eigenvalue weighted by Gasteiger charge is -2.02. The van der Waals surface area contributed by atoms with Crippen molar-refractivity contribution in [1.29, 1.82) is 0 Å². The van der Waals surface area contributed by atoms with Crippen molar-refractivity contribution in [2.75, 3.05) is 0 Å². The molecule has 1 nitrogen and oxygen atoms in total. The molecule has 15 heavy (non-hydrogen) atoms. The molecule has 0 amide bonds. The third-order valence-electron chi connectivity index (χ3n) is 2.23. The second-order valence-electron chi connectivity index (χ2n) is 3.52. The van der Waals surface area contributed by atoms with E-state index in [-0.39, 0.29) is 5.78 Å². The van der Waals surface area contributed by atoms with Crippen LogP contribution in [0.25, 0.3) is 5.57 Å². The standard InChI is InChI=1S/C14H16O/c1-4-13-6-5-7-14(10-13)11(2)8-9-12(3)15/h5-10H,2,4H2,1,3H3/b9-8-. The van der Waals surface area contributed by atoms with Gasteiger partial charge in [0.05, 0.1) is 0 Å². The molecular weight excluding hydrogens is 184 g/mol. The molecule has 0 N–H and O–H groups in total. The molecule has 0 unspecified atom stereocenters. The van der Waals surface area contributed by atoms with E-state index in [1.807, 2.05) is 12.1 Å². The van der Waals surface area contributed by atoms with Gasteiger partial charge < -0.3 is 0 Å². The van der Waals surface area contributed by atoms with Gasteiger partial charge in [-0.25, -0.2) is 0 Å². The van der Waals surface area contributed by atoms with Crippen LogP contribution in [-0.2, 0) is 11.2 Å². The third kappa shape index (κ3) is 3.55. The normalized spacial score (nSPS) is 10.5. The summed E-state index contributed by atoms with van der Waals surface area (Å²) >= 11 is 0. The fraction of sp³-hybridized carbons (Fsp3) is 0.214. The highest BCUT2D eigenvalue weighted by Crippen LogP contribution is 2.15. The molecule has 0 aliphatic heterocycles. The number of allylic oxidation sites excluding steroid dienone is 3. The number of aryl methyl sites for hydroxylation is 1. The molecule has 0 atom stereocenters. The molecule has 1 rings (SSSR count). The average Bonchev–Trinajstić information content (AvgIpc) is 2.26. The Morgan fingerprint density at radius 1 is 1.40 bits per heavy atom. The maximum absolute atomic E-state index is 10.8. The zero-order valence-corrected chi connectivity index (χ0v) is 9.29. The summed E-state index contributed by atoms with van der Waals surface area (Å²) in [6.07, 6.45) is 4.32. The summed E-state index contributed by atoms with van der Waals surface area (Å²) in [7, 11) is 0. The van der Waals surface area contributed by atoms with Gasteiger partial charge in [0.1, 0.15) is 0 Å². The maximum atomic E-state index is 10.8. The van der Waals surface area contributed by atoms with Gasteiger partial charge in [0, 0.05) is 0 Å². The Labute approximate surface area is 91.1 Å². The first-order chi connectivity index (χ1) is 7.13. The molecule has 0 heterocycles. The van der Waals surface area contributed by atoms with Gasteiger partial charge >= 0.3 is 0 Å². The number of hydrogen-bond donors (Lipinski definition) is 0. The fourth-order valence-electron chi connectivity index (χ4n) is 1.31. The van der Waals surface area contributed by atoms with Crippen molar-refractivity contribution in [1.82, 2.24) is 0 Å². The number of benzene rings is 1. The van der Waals surface area contributed by atoms with Gasteiger partial charge in [-0.05, 0) is 36.1 Å². The molecule has 0 aliphatic carbocycles. The number of carbonyl (C=O) groups is 1. The van der Waals surface area contributed by atoms with E-state index in [1.54, 1.807) is 12.2 Å². The first-order valence-corrected chi connectivity index (χ1v) is 5.10. The van der Waals surface area contributed by atoms with Crippen LogP contribution in [0.15, 0.2) is 43.0 Å². The summed E-state index contributed by atoms with van der Waals surface area (Å²) in [6, 6.07) is 8.21. The highest BCUT2D eigenvalue weighted by atomic mass is 16.1. The molecule has 1 aromatic carbocycles. The summed E-state index contributed by atoms with van der Waals surface area (Å²) < 4.78 is 0. The van der Waals surface area contributed by atoms with Crippen molar-refractivity contribution in [3.63, 3.8) is 0 Å². The van der Waals surface area contributed by atoms with Gasteiger partial charge in [-0.2, -0.15) is 0 Å². The monoisotopic (exact) mass is 200 g/mol. The lowest BCUT2D eigenvalue weighted by Crippen LogP contribution is -1.85. The van der Waals surface area contributed by atoms with E-state index >= 15 is 0 Å². The summed E-state index contributed by atoms with van der Waals surface area (Å²) in [5.74, 6) is 0.0443. The van der Waals surface area contributed by atoms with Gasteiger partial charge in [-0.1, -0.05) is 43.8 Å². The molecule has 0 aliphatic rings. The number of hydrogen-bond acceptors (Lipinski definition) is 1. The lowest BCUT2D eigenvalue weighted by atomic mass is 10.0. The van der Waals surface area contributed by atoms with Crippen molar-refractivity contribution in [3.8, 4) is 0 Å². The van der Waals surface area contributed by atoms with E-state index in [4.69, 9.17) is 0 Å². The third-order valence-corrected chi connectivity index (χ3v) is 2.23. The van der Waals surface area contributed by atoms with Crippen molar-refractivity contribution < 1.29 is 4.79 Å². The largest absolute Gasteiger partial charge is 0.295 e. The molecule has 1 aromatic rings. The molecule has 0 spiro atoms. The SMILES string of the molecule is C=C(/C=C\C(C)=O)c1cccc(CC)c1. The second-order valence-corrected chi connectivity index (χ2v) is 3.52. The maximum Gasteiger partial charge on any atom is 0.152 e. The van der Waals surface area contributed by atoms with Crippen LogP contribution in [0.3, 0.4) is 0 Å². The fourth-order valence-corrected chi connectivity index (χ4v) is 1.31. The van der Waals surface area contributed by atoms with Gasteiger partial charge in [0.2, 0.25) is 0 Å². The van der Waals surface area contributed by atoms with E-state index in [2.05, 4.69) is 25.6 Å². The van der Waals surface area contributed by atoms with Gasteiger partial charge in [0.25, 0.3) is 0 Å². The summed E-state index contributed by atoms with van der Waals surface area (Å²) in [4.78, 5) is 10.8. The van der Waals surface area contributed by atoms with Gasteiger partial charge in [-0.3, -0.25) is 4.79 Å². The quantitative estimate of drug-likeness (QED) is 0.537. The van der Waals surface area contributed by atoms with Crippen molar-refractivity contribution >= 4 is 11.4 Å². The zero-order chi connectivity index (χ0) is 11.3. The van der Waals surface area contributed by atoms with Crippen molar-refractivity contribution in [2.45, 2.75) is 20.3 Å². The Bertz CT molecular complexity index is 400. The van der Waals surface area contributed by atoms with E-state index in [1.165, 1.54) is 12.5 Å². The van der Waals surface area contributed by atoms with Crippen LogP contribution in [0.4, 0.5) is 0 Å². The van der Waals surface area contributed by atoms with Crippen LogP contribution >= 0.6 is 0 Å². The Hall–Kier alpha value is -1.63. The molecule has 78 valence electrons. The average molecular weight is 200 g/mol. The topological polar surface area (TPSA) is 17.1 Å². The molecule has 0 radical (unpaired) electrons. The first-order valence-electron chi connectivity index (χ1n) is 5.10. The number of carbonyl (C=O) groups excluding carboxylic acids is 1. The van der Waals surface area contributed by atoms with E-state index in [0.717, 1.165) is 17.6 Å². The minimum Gasteiger partial charge on any atom is -0.295 e. The van der Waals surface area contributed by atoms with Gasteiger partial charge in [-0.15, -0.1) is 0 Å². The van der Waals surface area contributed by atoms with Crippen LogP contribution in [0.1, 0.15) is 25.0 Å². The van der Waals surface area contributed by atoms with E-state index in [0.29, 0.717) is 0 Å². The Balaban J connectivity index is 2.86. The van der Waals surface area contributed by atoms with E-state index in [9.17, 15) is 4.79 Å². The van der Waals surface area contributed by atoms with Crippen LogP contribution in [0.2, 0.25) is 0 Å². The van der Waals surface area contributed by atoms with Crippen molar-refractivity contribution in [2.24, 2.45) is 0 Å². The lowest BCUT2D eigenvalue weighted by molar-refractivity contribution is -0.112.